The van der Waals surface area contributed by atoms with Crippen molar-refractivity contribution >= 4 is 18.2 Å². The zero-order valence-corrected chi connectivity index (χ0v) is 9.91. The van der Waals surface area contributed by atoms with Gasteiger partial charge in [-0.25, -0.2) is 0 Å². The van der Waals surface area contributed by atoms with Crippen LogP contribution in [0.5, 0.6) is 0 Å². The predicted molar refractivity (Wildman–Crippen MR) is 73.4 cm³/mol. The number of rotatable bonds is 4. The van der Waals surface area contributed by atoms with Gasteiger partial charge in [0.15, 0.2) is 0 Å². The summed E-state index contributed by atoms with van der Waals surface area (Å²) in [5.41, 5.74) is 9.12. The van der Waals surface area contributed by atoms with Gasteiger partial charge in [-0.15, -0.1) is 0 Å². The van der Waals surface area contributed by atoms with Crippen LogP contribution < -0.4 is 5.73 Å². The SMILES string of the molecule is NCc1ccc(N=Cc2ccc(C=O)cc2)cc1. The number of nitrogens with zero attached hydrogens (tertiary/aromatic N) is 1. The highest BCUT2D eigenvalue weighted by Gasteiger charge is 1.92. The molecule has 0 fully saturated rings. The van der Waals surface area contributed by atoms with Crippen molar-refractivity contribution in [1.82, 2.24) is 0 Å². The molecule has 0 amide bonds. The molecule has 18 heavy (non-hydrogen) atoms. The minimum Gasteiger partial charge on any atom is -0.326 e. The summed E-state index contributed by atoms with van der Waals surface area (Å²) >= 11 is 0. The smallest absolute Gasteiger partial charge is 0.150 e. The fraction of sp³-hybridized carbons (Fsp3) is 0.0667. The average Bonchev–Trinajstić information content (AvgIpc) is 2.46. The van der Waals surface area contributed by atoms with Gasteiger partial charge in [0.05, 0.1) is 5.69 Å². The average molecular weight is 238 g/mol. The zero-order chi connectivity index (χ0) is 12.8. The molecule has 0 radical (unpaired) electrons. The largest absolute Gasteiger partial charge is 0.326 e. The molecule has 0 saturated carbocycles. The molecule has 2 aromatic rings. The zero-order valence-electron chi connectivity index (χ0n) is 9.91. The van der Waals surface area contributed by atoms with Crippen molar-refractivity contribution in [2.24, 2.45) is 10.7 Å². The van der Waals surface area contributed by atoms with Gasteiger partial charge in [-0.3, -0.25) is 9.79 Å². The Morgan fingerprint density at radius 2 is 1.56 bits per heavy atom. The van der Waals surface area contributed by atoms with Gasteiger partial charge in [-0.1, -0.05) is 36.4 Å². The normalized spacial score (nSPS) is 10.7. The van der Waals surface area contributed by atoms with E-state index in [4.69, 9.17) is 5.73 Å². The van der Waals surface area contributed by atoms with Crippen molar-refractivity contribution < 1.29 is 4.79 Å². The molecule has 2 N–H and O–H groups in total. The minimum atomic E-state index is 0.539. The van der Waals surface area contributed by atoms with Crippen LogP contribution in [0.25, 0.3) is 0 Å². The van der Waals surface area contributed by atoms with Crippen molar-refractivity contribution in [3.8, 4) is 0 Å². The second-order valence-electron chi connectivity index (χ2n) is 3.91. The van der Waals surface area contributed by atoms with Gasteiger partial charge in [0.2, 0.25) is 0 Å². The van der Waals surface area contributed by atoms with E-state index in [-0.39, 0.29) is 0 Å². The Morgan fingerprint density at radius 1 is 0.944 bits per heavy atom. The van der Waals surface area contributed by atoms with Crippen LogP contribution in [0.1, 0.15) is 21.5 Å². The standard InChI is InChI=1S/C15H14N2O/c16-9-12-5-7-15(8-6-12)17-10-13-1-3-14(11-18)4-2-13/h1-8,10-11H,9,16H2. The number of aldehydes is 1. The maximum Gasteiger partial charge on any atom is 0.150 e. The summed E-state index contributed by atoms with van der Waals surface area (Å²) in [5, 5.41) is 0. The van der Waals surface area contributed by atoms with Crippen molar-refractivity contribution in [3.05, 3.63) is 65.2 Å². The Hall–Kier alpha value is -2.26. The summed E-state index contributed by atoms with van der Waals surface area (Å²) < 4.78 is 0. The molecule has 0 aliphatic carbocycles. The molecule has 3 nitrogen and oxygen atoms in total. The van der Waals surface area contributed by atoms with E-state index < -0.39 is 0 Å². The third-order valence-corrected chi connectivity index (χ3v) is 2.61. The second kappa shape index (κ2) is 5.89. The number of carbonyl (C=O) groups excluding carboxylic acids is 1. The Kier molecular flexibility index (Phi) is 3.99. The Morgan fingerprint density at radius 3 is 2.11 bits per heavy atom. The predicted octanol–water partition coefficient (Wildman–Crippen LogP) is 2.71. The third kappa shape index (κ3) is 3.12. The van der Waals surface area contributed by atoms with Gasteiger partial charge in [-0.2, -0.15) is 0 Å². The van der Waals surface area contributed by atoms with E-state index in [1.807, 2.05) is 36.4 Å². The monoisotopic (exact) mass is 238 g/mol. The lowest BCUT2D eigenvalue weighted by atomic mass is 10.1. The van der Waals surface area contributed by atoms with E-state index in [0.29, 0.717) is 12.1 Å². The molecule has 0 bridgehead atoms. The Balaban J connectivity index is 2.10. The third-order valence-electron chi connectivity index (χ3n) is 2.61. The van der Waals surface area contributed by atoms with Crippen LogP contribution in [-0.2, 0) is 6.54 Å². The van der Waals surface area contributed by atoms with E-state index in [2.05, 4.69) is 4.99 Å². The molecule has 0 saturated heterocycles. The highest BCUT2D eigenvalue weighted by Crippen LogP contribution is 2.13. The van der Waals surface area contributed by atoms with E-state index >= 15 is 0 Å². The molecule has 3 heteroatoms. The minimum absolute atomic E-state index is 0.539. The summed E-state index contributed by atoms with van der Waals surface area (Å²) in [5.74, 6) is 0. The molecule has 90 valence electrons. The van der Waals surface area contributed by atoms with Gasteiger partial charge < -0.3 is 5.73 Å². The summed E-state index contributed by atoms with van der Waals surface area (Å²) in [6.07, 6.45) is 2.60. The lowest BCUT2D eigenvalue weighted by molar-refractivity contribution is 0.112. The lowest BCUT2D eigenvalue weighted by Gasteiger charge is -1.97. The van der Waals surface area contributed by atoms with Gasteiger partial charge in [-0.05, 0) is 23.3 Å². The number of aliphatic imine (C=N–C) groups is 1. The maximum absolute atomic E-state index is 10.5. The van der Waals surface area contributed by atoms with Gasteiger partial charge in [0, 0.05) is 18.3 Å². The topological polar surface area (TPSA) is 55.4 Å². The van der Waals surface area contributed by atoms with Crippen molar-refractivity contribution in [2.45, 2.75) is 6.54 Å². The molecule has 0 unspecified atom stereocenters. The van der Waals surface area contributed by atoms with Crippen LogP contribution in [0.4, 0.5) is 5.69 Å². The Bertz CT molecular complexity index is 542. The summed E-state index contributed by atoms with van der Waals surface area (Å²) in [6, 6.07) is 15.0. The molecule has 0 aromatic heterocycles. The van der Waals surface area contributed by atoms with E-state index in [0.717, 1.165) is 23.1 Å². The number of carbonyl (C=O) groups is 1. The number of nitrogens with two attached hydrogens (primary N) is 1. The number of hydrogen-bond donors (Lipinski definition) is 1. The van der Waals surface area contributed by atoms with Gasteiger partial charge in [0.1, 0.15) is 6.29 Å². The van der Waals surface area contributed by atoms with Crippen LogP contribution >= 0.6 is 0 Å². The first-order valence-corrected chi connectivity index (χ1v) is 5.70. The number of hydrogen-bond acceptors (Lipinski definition) is 3. The molecule has 2 aromatic carbocycles. The van der Waals surface area contributed by atoms with Crippen molar-refractivity contribution in [2.75, 3.05) is 0 Å². The summed E-state index contributed by atoms with van der Waals surface area (Å²) in [4.78, 5) is 14.9. The molecular formula is C15H14N2O. The maximum atomic E-state index is 10.5. The quantitative estimate of drug-likeness (QED) is 0.657. The molecule has 0 aliphatic rings. The van der Waals surface area contributed by atoms with Crippen LogP contribution in [0, 0.1) is 0 Å². The van der Waals surface area contributed by atoms with Crippen molar-refractivity contribution in [1.29, 1.82) is 0 Å². The summed E-state index contributed by atoms with van der Waals surface area (Å²) in [6.45, 7) is 0.539. The fourth-order valence-corrected chi connectivity index (χ4v) is 1.53. The summed E-state index contributed by atoms with van der Waals surface area (Å²) in [7, 11) is 0. The first-order chi connectivity index (χ1) is 8.81. The van der Waals surface area contributed by atoms with Crippen LogP contribution in [0.2, 0.25) is 0 Å². The van der Waals surface area contributed by atoms with Gasteiger partial charge >= 0.3 is 0 Å². The second-order valence-corrected chi connectivity index (χ2v) is 3.91. The van der Waals surface area contributed by atoms with E-state index in [9.17, 15) is 4.79 Å². The first-order valence-electron chi connectivity index (χ1n) is 5.70. The molecule has 0 heterocycles. The molecule has 0 spiro atoms. The van der Waals surface area contributed by atoms with Gasteiger partial charge in [0.25, 0.3) is 0 Å². The van der Waals surface area contributed by atoms with Crippen LogP contribution in [0.3, 0.4) is 0 Å². The highest BCUT2D eigenvalue weighted by atomic mass is 16.1. The fourth-order valence-electron chi connectivity index (χ4n) is 1.53. The molecule has 2 rings (SSSR count). The number of benzene rings is 2. The lowest BCUT2D eigenvalue weighted by Crippen LogP contribution is -1.94. The molecular weight excluding hydrogens is 224 g/mol. The van der Waals surface area contributed by atoms with E-state index in [1.54, 1.807) is 18.3 Å². The Labute approximate surface area is 106 Å². The highest BCUT2D eigenvalue weighted by molar-refractivity contribution is 5.84. The molecule has 0 aliphatic heterocycles. The molecule has 0 atom stereocenters. The first kappa shape index (κ1) is 12.2. The van der Waals surface area contributed by atoms with Crippen LogP contribution in [0.15, 0.2) is 53.5 Å². The van der Waals surface area contributed by atoms with E-state index in [1.165, 1.54) is 0 Å². The van der Waals surface area contributed by atoms with Crippen molar-refractivity contribution in [3.63, 3.8) is 0 Å². The van der Waals surface area contributed by atoms with Crippen LogP contribution in [-0.4, -0.2) is 12.5 Å².